The van der Waals surface area contributed by atoms with Gasteiger partial charge in [-0.3, -0.25) is 0 Å². The van der Waals surface area contributed by atoms with Crippen molar-refractivity contribution in [2.24, 2.45) is 0 Å². The van der Waals surface area contributed by atoms with E-state index in [1.165, 1.54) is 11.8 Å². The first-order chi connectivity index (χ1) is 8.97. The zero-order valence-corrected chi connectivity index (χ0v) is 11.8. The molecule has 1 unspecified atom stereocenters. The molecule has 5 heteroatoms. The van der Waals surface area contributed by atoms with Crippen LogP contribution in [0.15, 0.2) is 41.6 Å². The summed E-state index contributed by atoms with van der Waals surface area (Å²) in [6, 6.07) is 11.3. The van der Waals surface area contributed by atoms with Gasteiger partial charge in [0.15, 0.2) is 5.16 Å². The third-order valence-corrected chi connectivity index (χ3v) is 3.88. The van der Waals surface area contributed by atoms with Crippen molar-refractivity contribution in [3.05, 3.63) is 47.7 Å². The number of nitrogens with two attached hydrogens (primary N) is 1. The van der Waals surface area contributed by atoms with Crippen LogP contribution < -0.4 is 5.73 Å². The average Bonchev–Trinajstić information content (AvgIpc) is 2.37. The topological polar surface area (TPSA) is 72.0 Å². The summed E-state index contributed by atoms with van der Waals surface area (Å²) in [5.41, 5.74) is 6.47. The Kier molecular flexibility index (Phi) is 4.07. The van der Waals surface area contributed by atoms with Crippen LogP contribution in [0.4, 0.5) is 5.82 Å². The van der Waals surface area contributed by atoms with E-state index in [0.717, 1.165) is 11.3 Å². The third-order valence-electron chi connectivity index (χ3n) is 2.73. The number of benzene rings is 1. The molecule has 2 aromatic rings. The molecule has 0 aliphatic heterocycles. The van der Waals surface area contributed by atoms with Crippen LogP contribution in [-0.2, 0) is 5.60 Å². The zero-order chi connectivity index (χ0) is 13.9. The zero-order valence-electron chi connectivity index (χ0n) is 11.0. The van der Waals surface area contributed by atoms with Crippen molar-refractivity contribution in [2.45, 2.75) is 24.6 Å². The lowest BCUT2D eigenvalue weighted by atomic mass is 9.99. The van der Waals surface area contributed by atoms with Crippen LogP contribution in [0.1, 0.15) is 18.2 Å². The van der Waals surface area contributed by atoms with E-state index in [2.05, 4.69) is 9.97 Å². The van der Waals surface area contributed by atoms with Crippen LogP contribution in [-0.4, -0.2) is 20.8 Å². The molecule has 0 saturated heterocycles. The van der Waals surface area contributed by atoms with Gasteiger partial charge in [-0.25, -0.2) is 9.97 Å². The minimum atomic E-state index is -0.923. The monoisotopic (exact) mass is 275 g/mol. The molecule has 1 aromatic heterocycles. The Bertz CT molecular complexity index is 538. The van der Waals surface area contributed by atoms with E-state index in [9.17, 15) is 5.11 Å². The maximum atomic E-state index is 10.5. The van der Waals surface area contributed by atoms with Crippen molar-refractivity contribution in [2.75, 3.05) is 11.5 Å². The normalized spacial score (nSPS) is 14.1. The molecule has 0 bridgehead atoms. The number of hydrogen-bond acceptors (Lipinski definition) is 5. The molecule has 0 amide bonds. The number of thioether (sulfide) groups is 1. The molecule has 3 N–H and O–H groups in total. The van der Waals surface area contributed by atoms with Gasteiger partial charge in [0.05, 0.1) is 5.60 Å². The van der Waals surface area contributed by atoms with Crippen molar-refractivity contribution in [3.8, 4) is 0 Å². The van der Waals surface area contributed by atoms with E-state index in [-0.39, 0.29) is 0 Å². The number of nitrogens with zero attached hydrogens (tertiary/aromatic N) is 2. The van der Waals surface area contributed by atoms with Crippen LogP contribution >= 0.6 is 11.8 Å². The van der Waals surface area contributed by atoms with Crippen LogP contribution in [0.25, 0.3) is 0 Å². The summed E-state index contributed by atoms with van der Waals surface area (Å²) >= 11 is 1.40. The first-order valence-electron chi connectivity index (χ1n) is 5.99. The largest absolute Gasteiger partial charge is 0.385 e. The molecule has 2 rings (SSSR count). The lowest BCUT2D eigenvalue weighted by Crippen LogP contribution is -2.24. The van der Waals surface area contributed by atoms with Crippen LogP contribution in [0.5, 0.6) is 0 Å². The predicted molar refractivity (Wildman–Crippen MR) is 77.9 cm³/mol. The Labute approximate surface area is 117 Å². The quantitative estimate of drug-likeness (QED) is 0.662. The highest BCUT2D eigenvalue weighted by molar-refractivity contribution is 7.99. The first-order valence-corrected chi connectivity index (χ1v) is 6.98. The maximum Gasteiger partial charge on any atom is 0.189 e. The van der Waals surface area contributed by atoms with Gasteiger partial charge in [0.2, 0.25) is 0 Å². The molecule has 0 spiro atoms. The van der Waals surface area contributed by atoms with Gasteiger partial charge < -0.3 is 10.8 Å². The van der Waals surface area contributed by atoms with Crippen molar-refractivity contribution < 1.29 is 5.11 Å². The second-order valence-electron chi connectivity index (χ2n) is 4.65. The average molecular weight is 275 g/mol. The highest BCUT2D eigenvalue weighted by Crippen LogP contribution is 2.28. The lowest BCUT2D eigenvalue weighted by molar-refractivity contribution is 0.0839. The van der Waals surface area contributed by atoms with E-state index < -0.39 is 5.60 Å². The molecule has 0 saturated carbocycles. The van der Waals surface area contributed by atoms with Crippen LogP contribution in [0.3, 0.4) is 0 Å². The molecule has 1 heterocycles. The van der Waals surface area contributed by atoms with Crippen LogP contribution in [0.2, 0.25) is 0 Å². The first kappa shape index (κ1) is 13.8. The number of aromatic nitrogens is 2. The van der Waals surface area contributed by atoms with Gasteiger partial charge in [-0.2, -0.15) is 0 Å². The molecule has 0 radical (unpaired) electrons. The Morgan fingerprint density at radius 3 is 2.58 bits per heavy atom. The number of anilines is 1. The van der Waals surface area contributed by atoms with E-state index in [1.54, 1.807) is 13.0 Å². The Balaban J connectivity index is 2.09. The Morgan fingerprint density at radius 1 is 1.26 bits per heavy atom. The fourth-order valence-electron chi connectivity index (χ4n) is 1.72. The number of hydrogen-bond donors (Lipinski definition) is 2. The number of aliphatic hydroxyl groups is 1. The Morgan fingerprint density at radius 2 is 1.95 bits per heavy atom. The summed E-state index contributed by atoms with van der Waals surface area (Å²) in [7, 11) is 0. The van der Waals surface area contributed by atoms with Crippen molar-refractivity contribution in [3.63, 3.8) is 0 Å². The van der Waals surface area contributed by atoms with E-state index in [0.29, 0.717) is 16.7 Å². The SMILES string of the molecule is Cc1cc(N)nc(SCC(C)(O)c2ccccc2)n1. The number of aryl methyl sites for hydroxylation is 1. The summed E-state index contributed by atoms with van der Waals surface area (Å²) < 4.78 is 0. The van der Waals surface area contributed by atoms with Gasteiger partial charge in [0.25, 0.3) is 0 Å². The predicted octanol–water partition coefficient (Wildman–Crippen LogP) is 2.37. The van der Waals surface area contributed by atoms with Crippen LogP contribution in [0, 0.1) is 6.92 Å². The Hall–Kier alpha value is -1.59. The summed E-state index contributed by atoms with van der Waals surface area (Å²) in [5, 5.41) is 11.1. The van der Waals surface area contributed by atoms with Gasteiger partial charge in [-0.05, 0) is 19.4 Å². The van der Waals surface area contributed by atoms with Gasteiger partial charge in [0.1, 0.15) is 5.82 Å². The second-order valence-corrected chi connectivity index (χ2v) is 5.59. The van der Waals surface area contributed by atoms with E-state index in [4.69, 9.17) is 5.73 Å². The summed E-state index contributed by atoms with van der Waals surface area (Å²) in [6.07, 6.45) is 0. The van der Waals surface area contributed by atoms with Gasteiger partial charge in [-0.15, -0.1) is 0 Å². The molecule has 4 nitrogen and oxygen atoms in total. The van der Waals surface area contributed by atoms with Crippen molar-refractivity contribution >= 4 is 17.6 Å². The van der Waals surface area contributed by atoms with Gasteiger partial charge in [-0.1, -0.05) is 42.1 Å². The molecule has 0 aliphatic carbocycles. The number of rotatable bonds is 4. The standard InChI is InChI=1S/C14H17N3OS/c1-10-8-12(15)17-13(16-10)19-9-14(2,18)11-6-4-3-5-7-11/h3-8,18H,9H2,1-2H3,(H2,15,16,17). The van der Waals surface area contributed by atoms with Gasteiger partial charge in [0, 0.05) is 17.5 Å². The summed E-state index contributed by atoms with van der Waals surface area (Å²) in [6.45, 7) is 3.66. The summed E-state index contributed by atoms with van der Waals surface area (Å²) in [4.78, 5) is 8.44. The van der Waals surface area contributed by atoms with Crippen molar-refractivity contribution in [1.29, 1.82) is 0 Å². The molecule has 1 atom stereocenters. The molecule has 0 fully saturated rings. The molecular formula is C14H17N3OS. The van der Waals surface area contributed by atoms with Crippen molar-refractivity contribution in [1.82, 2.24) is 9.97 Å². The highest BCUT2D eigenvalue weighted by Gasteiger charge is 2.23. The molecule has 19 heavy (non-hydrogen) atoms. The molecule has 0 aliphatic rings. The fourth-order valence-corrected chi connectivity index (χ4v) is 2.67. The number of nitrogen functional groups attached to an aromatic ring is 1. The van der Waals surface area contributed by atoms with E-state index >= 15 is 0 Å². The molecule has 100 valence electrons. The maximum absolute atomic E-state index is 10.5. The smallest absolute Gasteiger partial charge is 0.189 e. The minimum Gasteiger partial charge on any atom is -0.385 e. The fraction of sp³-hybridized carbons (Fsp3) is 0.286. The lowest BCUT2D eigenvalue weighted by Gasteiger charge is -2.22. The third kappa shape index (κ3) is 3.68. The van der Waals surface area contributed by atoms with E-state index in [1.807, 2.05) is 37.3 Å². The molecule has 1 aromatic carbocycles. The highest BCUT2D eigenvalue weighted by atomic mass is 32.2. The summed E-state index contributed by atoms with van der Waals surface area (Å²) in [5.74, 6) is 0.925. The van der Waals surface area contributed by atoms with Gasteiger partial charge >= 0.3 is 0 Å². The second kappa shape index (κ2) is 5.59. The minimum absolute atomic E-state index is 0.453. The molecular weight excluding hydrogens is 258 g/mol.